The van der Waals surface area contributed by atoms with E-state index >= 15 is 0 Å². The van der Waals surface area contributed by atoms with Crippen LogP contribution in [0.4, 0.5) is 0 Å². The van der Waals surface area contributed by atoms with E-state index in [0.717, 1.165) is 12.0 Å². The van der Waals surface area contributed by atoms with E-state index in [1.807, 2.05) is 0 Å². The van der Waals surface area contributed by atoms with Gasteiger partial charge in [0.1, 0.15) is 0 Å². The summed E-state index contributed by atoms with van der Waals surface area (Å²) >= 11 is 0. The maximum absolute atomic E-state index is 3.94. The highest BCUT2D eigenvalue weighted by Crippen LogP contribution is 2.41. The van der Waals surface area contributed by atoms with Crippen LogP contribution >= 0.6 is 0 Å². The zero-order valence-corrected chi connectivity index (χ0v) is 14.1. The molecule has 0 aromatic heterocycles. The van der Waals surface area contributed by atoms with Crippen molar-refractivity contribution in [1.29, 1.82) is 0 Å². The van der Waals surface area contributed by atoms with E-state index in [1.165, 1.54) is 77.4 Å². The van der Waals surface area contributed by atoms with Crippen molar-refractivity contribution in [3.05, 3.63) is 0 Å². The van der Waals surface area contributed by atoms with Gasteiger partial charge in [0.05, 0.1) is 0 Å². The van der Waals surface area contributed by atoms with E-state index in [1.54, 1.807) is 0 Å². The fourth-order valence-corrected chi connectivity index (χ4v) is 4.41. The van der Waals surface area contributed by atoms with Crippen molar-refractivity contribution in [2.24, 2.45) is 5.92 Å². The van der Waals surface area contributed by atoms with Crippen LogP contribution in [0.2, 0.25) is 0 Å². The molecule has 2 fully saturated rings. The predicted molar refractivity (Wildman–Crippen MR) is 88.2 cm³/mol. The molecule has 0 radical (unpaired) electrons. The van der Waals surface area contributed by atoms with Gasteiger partial charge in [0.25, 0.3) is 0 Å². The summed E-state index contributed by atoms with van der Waals surface area (Å²) in [6.07, 6.45) is 12.6. The molecule has 1 atom stereocenters. The molecule has 0 spiro atoms. The van der Waals surface area contributed by atoms with Crippen LogP contribution in [0.1, 0.15) is 78.6 Å². The van der Waals surface area contributed by atoms with Crippen LogP contribution in [0.5, 0.6) is 0 Å². The largest absolute Gasteiger partial charge is 0.312 e. The van der Waals surface area contributed by atoms with Crippen LogP contribution in [0.25, 0.3) is 0 Å². The third-order valence-corrected chi connectivity index (χ3v) is 5.53. The van der Waals surface area contributed by atoms with Crippen molar-refractivity contribution in [2.75, 3.05) is 19.6 Å². The molecule has 2 aliphatic rings. The normalized spacial score (nSPS) is 24.6. The summed E-state index contributed by atoms with van der Waals surface area (Å²) in [6, 6.07) is 0.727. The Labute approximate surface area is 126 Å². The maximum atomic E-state index is 3.94. The summed E-state index contributed by atoms with van der Waals surface area (Å²) in [7, 11) is 0. The molecule has 1 aliphatic carbocycles. The molecule has 1 aliphatic heterocycles. The molecule has 0 aromatic rings. The summed E-state index contributed by atoms with van der Waals surface area (Å²) in [5.74, 6) is 0.831. The highest BCUT2D eigenvalue weighted by atomic mass is 15.2. The molecule has 1 heterocycles. The molecule has 0 amide bonds. The van der Waals surface area contributed by atoms with E-state index < -0.39 is 0 Å². The summed E-state index contributed by atoms with van der Waals surface area (Å²) in [4.78, 5) is 2.87. The minimum atomic E-state index is 0.501. The average Bonchev–Trinajstić information content (AvgIpc) is 3.10. The van der Waals surface area contributed by atoms with Crippen LogP contribution in [0.3, 0.4) is 0 Å². The van der Waals surface area contributed by atoms with Gasteiger partial charge in [-0.25, -0.2) is 0 Å². The highest BCUT2D eigenvalue weighted by molar-refractivity contribution is 5.04. The second kappa shape index (κ2) is 7.79. The standard InChI is InChI=1S/C18H36N2/c1-4-13-19-17(10-9-16(2)3)18(11-5-6-12-18)20-14-7-8-15-20/h16-17,19H,4-15H2,1-3H3. The van der Waals surface area contributed by atoms with Gasteiger partial charge in [-0.15, -0.1) is 0 Å². The Kier molecular flexibility index (Phi) is 6.35. The van der Waals surface area contributed by atoms with Crippen LogP contribution < -0.4 is 5.32 Å². The second-order valence-electron chi connectivity index (χ2n) is 7.48. The first-order valence-corrected chi connectivity index (χ1v) is 9.17. The lowest BCUT2D eigenvalue weighted by Crippen LogP contribution is -2.59. The lowest BCUT2D eigenvalue weighted by molar-refractivity contribution is 0.0706. The van der Waals surface area contributed by atoms with Crippen LogP contribution in [0.15, 0.2) is 0 Å². The highest BCUT2D eigenvalue weighted by Gasteiger charge is 2.45. The Morgan fingerprint density at radius 1 is 1.00 bits per heavy atom. The number of likely N-dealkylation sites (tertiary alicyclic amines) is 1. The van der Waals surface area contributed by atoms with Gasteiger partial charge in [0.2, 0.25) is 0 Å². The molecular weight excluding hydrogens is 244 g/mol. The Hall–Kier alpha value is -0.0800. The molecule has 2 nitrogen and oxygen atoms in total. The molecule has 2 rings (SSSR count). The Bertz CT molecular complexity index is 263. The summed E-state index contributed by atoms with van der Waals surface area (Å²) in [6.45, 7) is 10.9. The molecule has 20 heavy (non-hydrogen) atoms. The Morgan fingerprint density at radius 3 is 2.20 bits per heavy atom. The third kappa shape index (κ3) is 3.76. The van der Waals surface area contributed by atoms with Crippen LogP contribution in [0, 0.1) is 5.92 Å². The number of hydrogen-bond acceptors (Lipinski definition) is 2. The Morgan fingerprint density at radius 2 is 1.65 bits per heavy atom. The molecule has 1 unspecified atom stereocenters. The molecule has 0 aromatic carbocycles. The van der Waals surface area contributed by atoms with Crippen molar-refractivity contribution < 1.29 is 0 Å². The van der Waals surface area contributed by atoms with Gasteiger partial charge in [-0.2, -0.15) is 0 Å². The first-order chi connectivity index (χ1) is 9.69. The third-order valence-electron chi connectivity index (χ3n) is 5.53. The number of rotatable bonds is 8. The molecule has 1 N–H and O–H groups in total. The molecular formula is C18H36N2. The van der Waals surface area contributed by atoms with Crippen LogP contribution in [-0.2, 0) is 0 Å². The first-order valence-electron chi connectivity index (χ1n) is 9.17. The van der Waals surface area contributed by atoms with Crippen molar-refractivity contribution in [3.8, 4) is 0 Å². The summed E-state index contributed by atoms with van der Waals surface area (Å²) in [5, 5.41) is 3.94. The number of nitrogens with one attached hydrogen (secondary N) is 1. The van der Waals surface area contributed by atoms with Gasteiger partial charge in [0, 0.05) is 11.6 Å². The van der Waals surface area contributed by atoms with E-state index in [4.69, 9.17) is 0 Å². The van der Waals surface area contributed by atoms with Gasteiger partial charge in [0.15, 0.2) is 0 Å². The van der Waals surface area contributed by atoms with E-state index in [9.17, 15) is 0 Å². The van der Waals surface area contributed by atoms with Crippen molar-refractivity contribution in [1.82, 2.24) is 10.2 Å². The maximum Gasteiger partial charge on any atom is 0.0362 e. The molecule has 1 saturated heterocycles. The van der Waals surface area contributed by atoms with E-state index in [-0.39, 0.29) is 0 Å². The summed E-state index contributed by atoms with van der Waals surface area (Å²) < 4.78 is 0. The fraction of sp³-hybridized carbons (Fsp3) is 1.00. The summed E-state index contributed by atoms with van der Waals surface area (Å²) in [5.41, 5.74) is 0.501. The van der Waals surface area contributed by atoms with E-state index in [0.29, 0.717) is 5.54 Å². The lowest BCUT2D eigenvalue weighted by Gasteiger charge is -2.46. The first kappa shape index (κ1) is 16.3. The van der Waals surface area contributed by atoms with Gasteiger partial charge < -0.3 is 5.32 Å². The molecule has 1 saturated carbocycles. The monoisotopic (exact) mass is 280 g/mol. The van der Waals surface area contributed by atoms with Crippen molar-refractivity contribution in [3.63, 3.8) is 0 Å². The van der Waals surface area contributed by atoms with E-state index in [2.05, 4.69) is 31.0 Å². The SMILES string of the molecule is CCCNC(CCC(C)C)C1(N2CCCC2)CCCC1. The zero-order chi connectivity index (χ0) is 14.4. The quantitative estimate of drug-likeness (QED) is 0.717. The fourth-order valence-electron chi connectivity index (χ4n) is 4.41. The van der Waals surface area contributed by atoms with Gasteiger partial charge >= 0.3 is 0 Å². The van der Waals surface area contributed by atoms with Crippen LogP contribution in [-0.4, -0.2) is 36.1 Å². The van der Waals surface area contributed by atoms with Crippen molar-refractivity contribution in [2.45, 2.75) is 90.1 Å². The van der Waals surface area contributed by atoms with Gasteiger partial charge in [-0.3, -0.25) is 4.90 Å². The average molecular weight is 280 g/mol. The van der Waals surface area contributed by atoms with Gasteiger partial charge in [-0.1, -0.05) is 33.6 Å². The Balaban J connectivity index is 2.07. The number of hydrogen-bond donors (Lipinski definition) is 1. The second-order valence-corrected chi connectivity index (χ2v) is 7.48. The minimum Gasteiger partial charge on any atom is -0.312 e. The molecule has 2 heteroatoms. The minimum absolute atomic E-state index is 0.501. The lowest BCUT2D eigenvalue weighted by atomic mass is 9.82. The molecule has 118 valence electrons. The topological polar surface area (TPSA) is 15.3 Å². The predicted octanol–water partition coefficient (Wildman–Crippen LogP) is 4.20. The number of nitrogens with zero attached hydrogens (tertiary/aromatic N) is 1. The van der Waals surface area contributed by atoms with Crippen molar-refractivity contribution >= 4 is 0 Å². The van der Waals surface area contributed by atoms with Gasteiger partial charge in [-0.05, 0) is 70.5 Å². The molecule has 0 bridgehead atoms. The smallest absolute Gasteiger partial charge is 0.0362 e. The zero-order valence-electron chi connectivity index (χ0n) is 14.1.